The maximum Gasteiger partial charge on any atom is 0.336 e. The molecule has 224 valence electrons. The molecule has 42 heavy (non-hydrogen) atoms. The minimum absolute atomic E-state index is 0.0222. The predicted molar refractivity (Wildman–Crippen MR) is 161 cm³/mol. The monoisotopic (exact) mass is 602 g/mol. The minimum atomic E-state index is -2.74. The van der Waals surface area contributed by atoms with E-state index in [2.05, 4.69) is 18.7 Å². The van der Waals surface area contributed by atoms with Crippen molar-refractivity contribution in [1.82, 2.24) is 4.90 Å². The Hall–Kier alpha value is -4.18. The number of hydrogen-bond donors (Lipinski definition) is 4. The van der Waals surface area contributed by atoms with Crippen LogP contribution in [0.15, 0.2) is 84.8 Å². The van der Waals surface area contributed by atoms with E-state index in [1.54, 1.807) is 0 Å². The molecule has 0 aliphatic rings. The second-order valence-corrected chi connectivity index (χ2v) is 9.31. The summed E-state index contributed by atoms with van der Waals surface area (Å²) in [6, 6.07) is 14.9. The van der Waals surface area contributed by atoms with Gasteiger partial charge < -0.3 is 30.1 Å². The maximum absolute atomic E-state index is 10.3. The number of ether oxygens (including phenoxy) is 1. The third-order valence-electron chi connectivity index (χ3n) is 6.00. The Morgan fingerprint density at radius 1 is 0.833 bits per heavy atom. The van der Waals surface area contributed by atoms with Gasteiger partial charge in [-0.3, -0.25) is 9.59 Å². The zero-order chi connectivity index (χ0) is 35.5. The van der Waals surface area contributed by atoms with Crippen LogP contribution in [0.2, 0.25) is 0 Å². The van der Waals surface area contributed by atoms with Crippen molar-refractivity contribution in [2.45, 2.75) is 32.3 Å². The average molecular weight is 603 g/mol. The highest BCUT2D eigenvalue weighted by Gasteiger charge is 2.40. The number of hydrogen-bond acceptors (Lipinski definition) is 6. The SMILES string of the molecule is O=C(O)CC(O)(CC(=O)O)C(=O)O.[2H]c1c([2H])c([2H])c(C(Cl)=C(c2ccccc2)c2ccc(OCCN(CC)CC)cc2)c([2H])c1[2H]. The molecular weight excluding hydrogens is 562 g/mol. The number of benzene rings is 3. The summed E-state index contributed by atoms with van der Waals surface area (Å²) in [4.78, 5) is 32.8. The molecule has 0 saturated heterocycles. The molecule has 0 amide bonds. The molecule has 10 heteroatoms. The Kier molecular flexibility index (Phi) is 10.8. The largest absolute Gasteiger partial charge is 0.492 e. The van der Waals surface area contributed by atoms with E-state index in [1.807, 2.05) is 54.6 Å². The minimum Gasteiger partial charge on any atom is -0.492 e. The molecule has 9 nitrogen and oxygen atoms in total. The van der Waals surface area contributed by atoms with Gasteiger partial charge in [0.15, 0.2) is 5.60 Å². The Balaban J connectivity index is 0.000000500. The van der Waals surface area contributed by atoms with Gasteiger partial charge >= 0.3 is 17.9 Å². The molecule has 0 radical (unpaired) electrons. The quantitative estimate of drug-likeness (QED) is 0.180. The predicted octanol–water partition coefficient (Wildman–Crippen LogP) is 5.31. The van der Waals surface area contributed by atoms with Crippen LogP contribution in [-0.4, -0.2) is 75.1 Å². The number of carbonyl (C=O) groups is 3. The molecule has 0 bridgehead atoms. The summed E-state index contributed by atoms with van der Waals surface area (Å²) in [5.41, 5.74) is -0.660. The molecule has 3 aromatic carbocycles. The van der Waals surface area contributed by atoms with Crippen molar-refractivity contribution in [3.05, 3.63) is 101 Å². The van der Waals surface area contributed by atoms with Crippen LogP contribution in [0, 0.1) is 0 Å². The van der Waals surface area contributed by atoms with Crippen LogP contribution < -0.4 is 4.74 Å². The summed E-state index contributed by atoms with van der Waals surface area (Å²) in [6.07, 6.45) is -2.29. The zero-order valence-electron chi connectivity index (χ0n) is 28.2. The number of rotatable bonds is 14. The molecular formula is C32H36ClNO8. The number of aliphatic carboxylic acids is 3. The Morgan fingerprint density at radius 3 is 1.83 bits per heavy atom. The fourth-order valence-electron chi connectivity index (χ4n) is 3.77. The van der Waals surface area contributed by atoms with E-state index in [0.29, 0.717) is 12.2 Å². The molecule has 4 N–H and O–H groups in total. The van der Waals surface area contributed by atoms with Crippen molar-refractivity contribution in [1.29, 1.82) is 0 Å². The van der Waals surface area contributed by atoms with Crippen LogP contribution in [0.3, 0.4) is 0 Å². The lowest BCUT2D eigenvalue weighted by Gasteiger charge is -2.18. The Labute approximate surface area is 257 Å². The summed E-state index contributed by atoms with van der Waals surface area (Å²) in [5, 5.41) is 33.9. The van der Waals surface area contributed by atoms with Gasteiger partial charge in [0.1, 0.15) is 12.4 Å². The highest BCUT2D eigenvalue weighted by Crippen LogP contribution is 2.35. The first-order valence-corrected chi connectivity index (χ1v) is 13.3. The van der Waals surface area contributed by atoms with Gasteiger partial charge in [0, 0.05) is 12.1 Å². The number of carboxylic acids is 3. The lowest BCUT2D eigenvalue weighted by molar-refractivity contribution is -0.170. The van der Waals surface area contributed by atoms with Crippen LogP contribution in [0.5, 0.6) is 5.75 Å². The standard InChI is InChI=1S/C26H28ClNO.C6H8O7/c1-3-28(4-2)19-20-29-24-17-15-22(16-18-24)25(21-11-7-5-8-12-21)26(27)23-13-9-6-10-14-23;7-3(8)1-6(13,5(11)12)2-4(9)10/h5-18H,3-4,19-20H2,1-2H3;13H,1-2H2,(H,7,8)(H,9,10)(H,11,12)/i6D,9D,10D,13D,14D;. The van der Waals surface area contributed by atoms with Crippen LogP contribution in [0.1, 0.15) is 50.2 Å². The third kappa shape index (κ3) is 10.7. The first-order chi connectivity index (χ1) is 22.1. The first-order valence-electron chi connectivity index (χ1n) is 15.4. The van der Waals surface area contributed by atoms with Gasteiger partial charge in [-0.1, -0.05) is 98.1 Å². The van der Waals surface area contributed by atoms with E-state index in [-0.39, 0.29) is 22.7 Å². The first kappa shape index (κ1) is 26.7. The Bertz CT molecular complexity index is 1550. The smallest absolute Gasteiger partial charge is 0.336 e. The summed E-state index contributed by atoms with van der Waals surface area (Å²) in [6.45, 7) is 7.60. The highest BCUT2D eigenvalue weighted by molar-refractivity contribution is 6.53. The van der Waals surface area contributed by atoms with E-state index in [9.17, 15) is 14.4 Å². The van der Waals surface area contributed by atoms with E-state index in [0.717, 1.165) is 36.5 Å². The van der Waals surface area contributed by atoms with Gasteiger partial charge in [-0.15, -0.1) is 0 Å². The van der Waals surface area contributed by atoms with E-state index in [1.165, 1.54) is 0 Å². The average Bonchev–Trinajstić information content (AvgIpc) is 3.02. The topological polar surface area (TPSA) is 145 Å². The van der Waals surface area contributed by atoms with E-state index < -0.39 is 54.5 Å². The number of halogens is 1. The van der Waals surface area contributed by atoms with E-state index >= 15 is 0 Å². The molecule has 0 saturated carbocycles. The van der Waals surface area contributed by atoms with Gasteiger partial charge in [-0.2, -0.15) is 0 Å². The fraction of sp³-hybridized carbons (Fsp3) is 0.281. The zero-order valence-corrected chi connectivity index (χ0v) is 23.9. The number of carboxylic acid groups (broad SMARTS) is 3. The molecule has 0 heterocycles. The molecule has 0 aliphatic heterocycles. The lowest BCUT2D eigenvalue weighted by Crippen LogP contribution is -2.42. The van der Waals surface area contributed by atoms with Crippen molar-refractivity contribution in [3.8, 4) is 5.75 Å². The van der Waals surface area contributed by atoms with Crippen molar-refractivity contribution in [2.24, 2.45) is 0 Å². The van der Waals surface area contributed by atoms with Crippen molar-refractivity contribution in [3.63, 3.8) is 0 Å². The van der Waals surface area contributed by atoms with Gasteiger partial charge in [-0.05, 0) is 41.9 Å². The number of nitrogens with zero attached hydrogens (tertiary/aromatic N) is 1. The van der Waals surface area contributed by atoms with Crippen molar-refractivity contribution < 1.29 is 46.4 Å². The van der Waals surface area contributed by atoms with E-state index in [4.69, 9.17) is 43.6 Å². The fourth-order valence-corrected chi connectivity index (χ4v) is 4.09. The molecule has 0 unspecified atom stereocenters. The molecule has 3 rings (SSSR count). The summed E-state index contributed by atoms with van der Waals surface area (Å²) in [5.74, 6) is -4.29. The highest BCUT2D eigenvalue weighted by atomic mass is 35.5. The molecule has 0 aliphatic carbocycles. The number of likely N-dealkylation sites (N-methyl/N-ethyl adjacent to an activating group) is 1. The van der Waals surface area contributed by atoms with Crippen LogP contribution >= 0.6 is 11.6 Å². The molecule has 0 spiro atoms. The van der Waals surface area contributed by atoms with Crippen molar-refractivity contribution in [2.75, 3.05) is 26.2 Å². The van der Waals surface area contributed by atoms with Crippen LogP contribution in [0.25, 0.3) is 10.6 Å². The molecule has 0 aromatic heterocycles. The second-order valence-electron chi connectivity index (χ2n) is 8.93. The lowest BCUT2D eigenvalue weighted by atomic mass is 9.95. The maximum atomic E-state index is 10.3. The van der Waals surface area contributed by atoms with Crippen LogP contribution in [0.4, 0.5) is 0 Å². The normalized spacial score (nSPS) is 13.3. The van der Waals surface area contributed by atoms with Crippen LogP contribution in [-0.2, 0) is 14.4 Å². The Morgan fingerprint density at radius 2 is 1.36 bits per heavy atom. The van der Waals surface area contributed by atoms with Crippen molar-refractivity contribution >= 4 is 40.1 Å². The summed E-state index contributed by atoms with van der Waals surface area (Å²) in [7, 11) is 0. The molecule has 0 atom stereocenters. The number of aliphatic hydroxyl groups is 1. The van der Waals surface area contributed by atoms with Gasteiger partial charge in [0.05, 0.1) is 24.7 Å². The van der Waals surface area contributed by atoms with Gasteiger partial charge in [0.25, 0.3) is 0 Å². The van der Waals surface area contributed by atoms with Gasteiger partial charge in [-0.25, -0.2) is 4.79 Å². The summed E-state index contributed by atoms with van der Waals surface area (Å²) >= 11 is 6.81. The molecule has 3 aromatic rings. The third-order valence-corrected chi connectivity index (χ3v) is 6.38. The second kappa shape index (κ2) is 16.9. The molecule has 0 fully saturated rings. The van der Waals surface area contributed by atoms with Gasteiger partial charge in [0.2, 0.25) is 0 Å². The summed E-state index contributed by atoms with van der Waals surface area (Å²) < 4.78 is 46.5.